The van der Waals surface area contributed by atoms with E-state index in [0.29, 0.717) is 12.5 Å². The van der Waals surface area contributed by atoms with Gasteiger partial charge >= 0.3 is 5.97 Å². The number of carbonyl (C=O) groups excluding carboxylic acids is 2. The summed E-state index contributed by atoms with van der Waals surface area (Å²) in [4.78, 5) is 26.0. The van der Waals surface area contributed by atoms with E-state index in [4.69, 9.17) is 10.5 Å². The largest absolute Gasteiger partial charge is 0.461 e. The molecule has 2 atom stereocenters. The van der Waals surface area contributed by atoms with Gasteiger partial charge in [0.15, 0.2) is 0 Å². The number of hydrogen-bond acceptors (Lipinski definition) is 5. The molecule has 0 aliphatic heterocycles. The van der Waals surface area contributed by atoms with E-state index < -0.39 is 12.0 Å². The van der Waals surface area contributed by atoms with Crippen molar-refractivity contribution >= 4 is 11.9 Å². The van der Waals surface area contributed by atoms with Crippen molar-refractivity contribution in [1.29, 1.82) is 0 Å². The Morgan fingerprint density at radius 2 is 1.84 bits per heavy atom. The molecule has 1 amide bonds. The first-order valence-corrected chi connectivity index (χ1v) is 8.68. The summed E-state index contributed by atoms with van der Waals surface area (Å²) in [6, 6.07) is 8.73. The summed E-state index contributed by atoms with van der Waals surface area (Å²) < 4.78 is 5.16. The van der Waals surface area contributed by atoms with E-state index in [1.807, 2.05) is 44.4 Å². The highest BCUT2D eigenvalue weighted by atomic mass is 16.5. The third-order valence-electron chi connectivity index (χ3n) is 3.95. The van der Waals surface area contributed by atoms with Crippen molar-refractivity contribution in [3.05, 3.63) is 35.9 Å². The van der Waals surface area contributed by atoms with Crippen LogP contribution in [0.4, 0.5) is 0 Å². The van der Waals surface area contributed by atoms with Crippen LogP contribution in [0.15, 0.2) is 30.3 Å². The SMILES string of the molecule is CC(C)CC(CNC(=O)[C@@H](N)CC(=O)OCc1ccccc1)N(C)C. The number of carbonyl (C=O) groups is 2. The first-order chi connectivity index (χ1) is 11.8. The lowest BCUT2D eigenvalue weighted by Crippen LogP contribution is -2.47. The van der Waals surface area contributed by atoms with E-state index in [1.54, 1.807) is 0 Å². The number of hydrogen-bond donors (Lipinski definition) is 2. The minimum absolute atomic E-state index is 0.129. The van der Waals surface area contributed by atoms with Gasteiger partial charge in [-0.2, -0.15) is 0 Å². The molecule has 3 N–H and O–H groups in total. The van der Waals surface area contributed by atoms with Gasteiger partial charge in [0, 0.05) is 12.6 Å². The summed E-state index contributed by atoms with van der Waals surface area (Å²) in [5, 5.41) is 2.83. The van der Waals surface area contributed by atoms with Gasteiger partial charge in [0.1, 0.15) is 6.61 Å². The van der Waals surface area contributed by atoms with E-state index in [9.17, 15) is 9.59 Å². The first-order valence-electron chi connectivity index (χ1n) is 8.68. The summed E-state index contributed by atoms with van der Waals surface area (Å²) in [6.45, 7) is 4.99. The predicted molar refractivity (Wildman–Crippen MR) is 98.8 cm³/mol. The monoisotopic (exact) mass is 349 g/mol. The standard InChI is InChI=1S/C19H31N3O3/c1-14(2)10-16(22(3)4)12-21-19(24)17(20)11-18(23)25-13-15-8-6-5-7-9-15/h5-9,14,16-17H,10-13,20H2,1-4H3,(H,21,24)/t16?,17-/m0/s1. The Morgan fingerprint density at radius 1 is 1.20 bits per heavy atom. The van der Waals surface area contributed by atoms with Crippen LogP contribution in [-0.4, -0.2) is 49.5 Å². The van der Waals surface area contributed by atoms with Crippen molar-refractivity contribution in [2.24, 2.45) is 11.7 Å². The molecule has 1 unspecified atom stereocenters. The van der Waals surface area contributed by atoms with Gasteiger partial charge < -0.3 is 20.7 Å². The van der Waals surface area contributed by atoms with Crippen LogP contribution in [0.25, 0.3) is 0 Å². The fourth-order valence-corrected chi connectivity index (χ4v) is 2.44. The quantitative estimate of drug-likeness (QED) is 0.626. The van der Waals surface area contributed by atoms with E-state index in [1.165, 1.54) is 0 Å². The Hall–Kier alpha value is -1.92. The van der Waals surface area contributed by atoms with Crippen molar-refractivity contribution in [2.45, 2.75) is 45.4 Å². The molecule has 140 valence electrons. The molecule has 0 radical (unpaired) electrons. The highest BCUT2D eigenvalue weighted by molar-refractivity contribution is 5.86. The molecule has 0 heterocycles. The normalized spacial score (nSPS) is 13.6. The van der Waals surface area contributed by atoms with Crippen LogP contribution in [0.3, 0.4) is 0 Å². The average Bonchev–Trinajstić information content (AvgIpc) is 2.56. The second kappa shape index (κ2) is 10.8. The second-order valence-electron chi connectivity index (χ2n) is 6.95. The molecule has 0 aromatic heterocycles. The summed E-state index contributed by atoms with van der Waals surface area (Å²) in [7, 11) is 3.97. The van der Waals surface area contributed by atoms with E-state index in [-0.39, 0.29) is 25.0 Å². The number of ether oxygens (including phenoxy) is 1. The number of rotatable bonds is 10. The van der Waals surface area contributed by atoms with Crippen LogP contribution < -0.4 is 11.1 Å². The Balaban J connectivity index is 2.36. The van der Waals surface area contributed by atoms with Crippen molar-refractivity contribution in [3.63, 3.8) is 0 Å². The molecule has 0 fully saturated rings. The molecule has 0 saturated heterocycles. The van der Waals surface area contributed by atoms with Crippen LogP contribution in [0.5, 0.6) is 0 Å². The van der Waals surface area contributed by atoms with Gasteiger partial charge in [-0.3, -0.25) is 9.59 Å². The summed E-state index contributed by atoms with van der Waals surface area (Å²) in [6.07, 6.45) is 0.844. The Morgan fingerprint density at radius 3 is 2.40 bits per heavy atom. The Labute approximate surface area is 150 Å². The minimum Gasteiger partial charge on any atom is -0.461 e. The van der Waals surface area contributed by atoms with E-state index in [0.717, 1.165) is 12.0 Å². The van der Waals surface area contributed by atoms with Crippen LogP contribution in [0.2, 0.25) is 0 Å². The molecule has 1 aromatic carbocycles. The second-order valence-corrected chi connectivity index (χ2v) is 6.95. The van der Waals surface area contributed by atoms with Gasteiger partial charge in [-0.1, -0.05) is 44.2 Å². The molecule has 6 heteroatoms. The molecule has 0 saturated carbocycles. The zero-order chi connectivity index (χ0) is 18.8. The maximum absolute atomic E-state index is 12.1. The molecular weight excluding hydrogens is 318 g/mol. The molecule has 6 nitrogen and oxygen atoms in total. The smallest absolute Gasteiger partial charge is 0.308 e. The number of likely N-dealkylation sites (N-methyl/N-ethyl adjacent to an activating group) is 1. The number of nitrogens with one attached hydrogen (secondary N) is 1. The third kappa shape index (κ3) is 8.65. The zero-order valence-electron chi connectivity index (χ0n) is 15.7. The number of benzene rings is 1. The Kier molecular flexibility index (Phi) is 9.16. The van der Waals surface area contributed by atoms with Gasteiger partial charge in [-0.15, -0.1) is 0 Å². The molecule has 0 aliphatic carbocycles. The fraction of sp³-hybridized carbons (Fsp3) is 0.579. The Bertz CT molecular complexity index is 532. The van der Waals surface area contributed by atoms with Crippen molar-refractivity contribution in [1.82, 2.24) is 10.2 Å². The van der Waals surface area contributed by atoms with Crippen LogP contribution in [0.1, 0.15) is 32.3 Å². The fourth-order valence-electron chi connectivity index (χ4n) is 2.44. The summed E-state index contributed by atoms with van der Waals surface area (Å²) in [5.41, 5.74) is 6.72. The number of nitrogens with two attached hydrogens (primary N) is 1. The van der Waals surface area contributed by atoms with Crippen LogP contribution in [-0.2, 0) is 20.9 Å². The minimum atomic E-state index is -0.898. The molecule has 0 spiro atoms. The van der Waals surface area contributed by atoms with Crippen LogP contribution >= 0.6 is 0 Å². The lowest BCUT2D eigenvalue weighted by atomic mass is 10.0. The summed E-state index contributed by atoms with van der Waals surface area (Å²) >= 11 is 0. The van der Waals surface area contributed by atoms with Gasteiger partial charge in [0.25, 0.3) is 0 Å². The van der Waals surface area contributed by atoms with E-state index >= 15 is 0 Å². The maximum atomic E-state index is 12.1. The molecule has 1 rings (SSSR count). The highest BCUT2D eigenvalue weighted by Crippen LogP contribution is 2.08. The van der Waals surface area contributed by atoms with Gasteiger partial charge in [0.2, 0.25) is 5.91 Å². The zero-order valence-corrected chi connectivity index (χ0v) is 15.7. The lowest BCUT2D eigenvalue weighted by Gasteiger charge is -2.26. The van der Waals surface area contributed by atoms with Gasteiger partial charge in [0.05, 0.1) is 12.5 Å². The van der Waals surface area contributed by atoms with E-state index in [2.05, 4.69) is 24.1 Å². The molecule has 1 aromatic rings. The topological polar surface area (TPSA) is 84.7 Å². The van der Waals surface area contributed by atoms with Gasteiger partial charge in [-0.25, -0.2) is 0 Å². The van der Waals surface area contributed by atoms with Crippen molar-refractivity contribution in [2.75, 3.05) is 20.6 Å². The van der Waals surface area contributed by atoms with Crippen molar-refractivity contribution < 1.29 is 14.3 Å². The number of amides is 1. The molecule has 25 heavy (non-hydrogen) atoms. The lowest BCUT2D eigenvalue weighted by molar-refractivity contribution is -0.146. The third-order valence-corrected chi connectivity index (χ3v) is 3.95. The predicted octanol–water partition coefficient (Wildman–Crippen LogP) is 1.54. The molecule has 0 bridgehead atoms. The number of nitrogens with zero attached hydrogens (tertiary/aromatic N) is 1. The summed E-state index contributed by atoms with van der Waals surface area (Å²) in [5.74, 6) is -0.268. The van der Waals surface area contributed by atoms with Crippen molar-refractivity contribution in [3.8, 4) is 0 Å². The average molecular weight is 349 g/mol. The number of esters is 1. The van der Waals surface area contributed by atoms with Gasteiger partial charge in [-0.05, 0) is 32.0 Å². The first kappa shape index (κ1) is 21.1. The van der Waals surface area contributed by atoms with Crippen LogP contribution in [0, 0.1) is 5.92 Å². The maximum Gasteiger partial charge on any atom is 0.308 e. The highest BCUT2D eigenvalue weighted by Gasteiger charge is 2.20. The molecule has 0 aliphatic rings. The molecular formula is C19H31N3O3.